The molecule has 0 aliphatic heterocycles. The summed E-state index contributed by atoms with van der Waals surface area (Å²) in [7, 11) is 0. The van der Waals surface area contributed by atoms with Crippen LogP contribution >= 0.6 is 0 Å². The van der Waals surface area contributed by atoms with Crippen molar-refractivity contribution >= 4 is 17.2 Å². The van der Waals surface area contributed by atoms with Gasteiger partial charge in [0.15, 0.2) is 6.61 Å². The molecular formula is C29H30N2O3. The van der Waals surface area contributed by atoms with Gasteiger partial charge < -0.3 is 9.84 Å². The summed E-state index contributed by atoms with van der Waals surface area (Å²) in [4.78, 5) is 12.4. The number of rotatable bonds is 7. The standard InChI is InChI=1S/C29H30N2O3/c1-20(2)26-15-14-25(16-21(26)3)34-19-28(32)31-30-24-17-27(22-10-6-4-7-11-22)29(33,18-24)23-12-8-5-9-13-23/h4-17,20,33H,18-19H2,1-3H3,(H,31,32). The predicted octanol–water partition coefficient (Wildman–Crippen LogP) is 5.34. The third-order valence-electron chi connectivity index (χ3n) is 6.09. The third-order valence-corrected chi connectivity index (χ3v) is 6.09. The molecule has 0 bridgehead atoms. The average molecular weight is 455 g/mol. The Labute approximate surface area is 200 Å². The van der Waals surface area contributed by atoms with Crippen molar-refractivity contribution in [3.63, 3.8) is 0 Å². The maximum atomic E-state index is 12.4. The van der Waals surface area contributed by atoms with Crippen LogP contribution < -0.4 is 10.2 Å². The van der Waals surface area contributed by atoms with Crippen molar-refractivity contribution in [2.24, 2.45) is 5.10 Å². The van der Waals surface area contributed by atoms with E-state index in [0.717, 1.165) is 22.3 Å². The molecule has 3 aromatic rings. The van der Waals surface area contributed by atoms with Crippen LogP contribution in [0.4, 0.5) is 0 Å². The second-order valence-electron chi connectivity index (χ2n) is 8.93. The summed E-state index contributed by atoms with van der Waals surface area (Å²) < 4.78 is 5.65. The molecule has 0 spiro atoms. The van der Waals surface area contributed by atoms with Crippen LogP contribution in [-0.4, -0.2) is 23.3 Å². The highest BCUT2D eigenvalue weighted by Crippen LogP contribution is 2.43. The fourth-order valence-corrected chi connectivity index (χ4v) is 4.38. The van der Waals surface area contributed by atoms with E-state index >= 15 is 0 Å². The molecule has 174 valence electrons. The minimum atomic E-state index is -1.22. The molecule has 34 heavy (non-hydrogen) atoms. The number of amides is 1. The number of nitrogens with zero attached hydrogens (tertiary/aromatic N) is 1. The molecule has 1 atom stereocenters. The van der Waals surface area contributed by atoms with E-state index in [1.807, 2.05) is 91.9 Å². The van der Waals surface area contributed by atoms with E-state index in [1.54, 1.807) is 0 Å². The van der Waals surface area contributed by atoms with E-state index in [-0.39, 0.29) is 18.9 Å². The number of carbonyl (C=O) groups is 1. The van der Waals surface area contributed by atoms with E-state index in [4.69, 9.17) is 4.74 Å². The van der Waals surface area contributed by atoms with Crippen molar-refractivity contribution in [1.82, 2.24) is 5.43 Å². The lowest BCUT2D eigenvalue weighted by Crippen LogP contribution is -2.27. The first-order valence-corrected chi connectivity index (χ1v) is 11.5. The molecule has 0 heterocycles. The number of aryl methyl sites for hydroxylation is 1. The largest absolute Gasteiger partial charge is 0.484 e. The molecule has 3 aromatic carbocycles. The third kappa shape index (κ3) is 5.10. The quantitative estimate of drug-likeness (QED) is 0.473. The van der Waals surface area contributed by atoms with Crippen molar-refractivity contribution in [2.45, 2.75) is 38.7 Å². The maximum Gasteiger partial charge on any atom is 0.277 e. The van der Waals surface area contributed by atoms with E-state index in [0.29, 0.717) is 17.4 Å². The Balaban J connectivity index is 1.47. The van der Waals surface area contributed by atoms with Crippen molar-refractivity contribution in [3.05, 3.63) is 107 Å². The molecule has 0 radical (unpaired) electrons. The second-order valence-corrected chi connectivity index (χ2v) is 8.93. The van der Waals surface area contributed by atoms with E-state index in [1.165, 1.54) is 5.56 Å². The van der Waals surface area contributed by atoms with Gasteiger partial charge in [0.25, 0.3) is 5.91 Å². The first kappa shape index (κ1) is 23.5. The molecule has 1 aliphatic rings. The molecule has 0 saturated carbocycles. The van der Waals surface area contributed by atoms with Crippen molar-refractivity contribution < 1.29 is 14.6 Å². The van der Waals surface area contributed by atoms with Gasteiger partial charge in [-0.15, -0.1) is 0 Å². The molecule has 1 amide bonds. The van der Waals surface area contributed by atoms with Gasteiger partial charge in [0.05, 0.1) is 5.71 Å². The highest BCUT2D eigenvalue weighted by molar-refractivity contribution is 6.08. The number of hydrazone groups is 1. The Morgan fingerprint density at radius 3 is 2.38 bits per heavy atom. The van der Waals surface area contributed by atoms with Gasteiger partial charge in [-0.05, 0) is 58.9 Å². The zero-order valence-corrected chi connectivity index (χ0v) is 19.8. The van der Waals surface area contributed by atoms with Crippen molar-refractivity contribution in [1.29, 1.82) is 0 Å². The van der Waals surface area contributed by atoms with Gasteiger partial charge in [-0.25, -0.2) is 5.43 Å². The minimum Gasteiger partial charge on any atom is -0.484 e. The van der Waals surface area contributed by atoms with Crippen LogP contribution in [0.15, 0.2) is 90.0 Å². The summed E-state index contributed by atoms with van der Waals surface area (Å²) in [5.74, 6) is 0.723. The SMILES string of the molecule is Cc1cc(OCC(=O)NN=C2C=C(c3ccccc3)C(O)(c3ccccc3)C2)ccc1C(C)C. The normalized spacial score (nSPS) is 18.7. The number of hydrogen-bond acceptors (Lipinski definition) is 4. The Bertz CT molecular complexity index is 1220. The fourth-order valence-electron chi connectivity index (χ4n) is 4.38. The molecule has 0 aromatic heterocycles. The van der Waals surface area contributed by atoms with Crippen LogP contribution in [-0.2, 0) is 10.4 Å². The molecule has 2 N–H and O–H groups in total. The summed E-state index contributed by atoms with van der Waals surface area (Å²) in [5.41, 5.74) is 6.78. The van der Waals surface area contributed by atoms with Gasteiger partial charge in [-0.2, -0.15) is 5.10 Å². The number of allylic oxidation sites excluding steroid dienone is 1. The monoisotopic (exact) mass is 454 g/mol. The molecule has 5 nitrogen and oxygen atoms in total. The minimum absolute atomic E-state index is 0.143. The summed E-state index contributed by atoms with van der Waals surface area (Å²) in [6.45, 7) is 6.19. The molecule has 5 heteroatoms. The molecular weight excluding hydrogens is 424 g/mol. The van der Waals surface area contributed by atoms with E-state index in [2.05, 4.69) is 24.4 Å². The summed E-state index contributed by atoms with van der Waals surface area (Å²) >= 11 is 0. The number of nitrogens with one attached hydrogen (secondary N) is 1. The Kier molecular flexibility index (Phi) is 6.94. The zero-order valence-electron chi connectivity index (χ0n) is 19.8. The van der Waals surface area contributed by atoms with E-state index in [9.17, 15) is 9.90 Å². The average Bonchev–Trinajstić information content (AvgIpc) is 3.20. The molecule has 0 fully saturated rings. The maximum absolute atomic E-state index is 12.4. The van der Waals surface area contributed by atoms with Crippen LogP contribution in [0.25, 0.3) is 5.57 Å². The van der Waals surface area contributed by atoms with Crippen molar-refractivity contribution in [3.8, 4) is 5.75 Å². The Hall–Kier alpha value is -3.70. The summed E-state index contributed by atoms with van der Waals surface area (Å²) in [5, 5.41) is 16.0. The van der Waals surface area contributed by atoms with Gasteiger partial charge in [0.1, 0.15) is 11.4 Å². The lowest BCUT2D eigenvalue weighted by Gasteiger charge is -2.27. The Morgan fingerprint density at radius 1 is 1.06 bits per heavy atom. The smallest absolute Gasteiger partial charge is 0.277 e. The highest BCUT2D eigenvalue weighted by atomic mass is 16.5. The van der Waals surface area contributed by atoms with Crippen LogP contribution in [0, 0.1) is 6.92 Å². The first-order valence-electron chi connectivity index (χ1n) is 11.5. The Morgan fingerprint density at radius 2 is 1.74 bits per heavy atom. The summed E-state index contributed by atoms with van der Waals surface area (Å²) in [6.07, 6.45) is 2.11. The summed E-state index contributed by atoms with van der Waals surface area (Å²) in [6, 6.07) is 25.1. The van der Waals surface area contributed by atoms with Gasteiger partial charge in [0, 0.05) is 6.42 Å². The van der Waals surface area contributed by atoms with Crippen LogP contribution in [0.2, 0.25) is 0 Å². The fraction of sp³-hybridized carbons (Fsp3) is 0.241. The number of benzene rings is 3. The lowest BCUT2D eigenvalue weighted by atomic mass is 9.84. The van der Waals surface area contributed by atoms with Crippen LogP contribution in [0.1, 0.15) is 48.4 Å². The zero-order chi connectivity index (χ0) is 24.1. The topological polar surface area (TPSA) is 70.9 Å². The number of carbonyl (C=O) groups excluding carboxylic acids is 1. The molecule has 1 unspecified atom stereocenters. The predicted molar refractivity (Wildman–Crippen MR) is 136 cm³/mol. The van der Waals surface area contributed by atoms with Gasteiger partial charge in [-0.3, -0.25) is 4.79 Å². The number of ether oxygens (including phenoxy) is 1. The van der Waals surface area contributed by atoms with Gasteiger partial charge in [0.2, 0.25) is 0 Å². The van der Waals surface area contributed by atoms with E-state index < -0.39 is 5.60 Å². The molecule has 0 saturated heterocycles. The number of aliphatic hydroxyl groups is 1. The second kappa shape index (κ2) is 10.1. The first-order chi connectivity index (χ1) is 16.4. The number of hydrogen-bond donors (Lipinski definition) is 2. The lowest BCUT2D eigenvalue weighted by molar-refractivity contribution is -0.123. The van der Waals surface area contributed by atoms with Crippen LogP contribution in [0.3, 0.4) is 0 Å². The highest BCUT2D eigenvalue weighted by Gasteiger charge is 2.40. The molecule has 4 rings (SSSR count). The van der Waals surface area contributed by atoms with Gasteiger partial charge in [-0.1, -0.05) is 80.6 Å². The van der Waals surface area contributed by atoms with Gasteiger partial charge >= 0.3 is 0 Å². The van der Waals surface area contributed by atoms with Crippen LogP contribution in [0.5, 0.6) is 5.75 Å². The molecule has 1 aliphatic carbocycles. The van der Waals surface area contributed by atoms with Crippen molar-refractivity contribution in [2.75, 3.05) is 6.61 Å².